The van der Waals surface area contributed by atoms with E-state index in [1.165, 1.54) is 11.1 Å². The number of benzene rings is 2. The molecular weight excluding hydrogens is 471 g/mol. The number of aromatic nitrogens is 4. The molecule has 4 rings (SSSR count). The minimum atomic E-state index is -1.32. The van der Waals surface area contributed by atoms with E-state index in [0.29, 0.717) is 31.8 Å². The van der Waals surface area contributed by atoms with E-state index in [9.17, 15) is 19.8 Å². The summed E-state index contributed by atoms with van der Waals surface area (Å²) in [6.45, 7) is 1.83. The van der Waals surface area contributed by atoms with Crippen LogP contribution in [0.25, 0.3) is 0 Å². The summed E-state index contributed by atoms with van der Waals surface area (Å²) in [6.07, 6.45) is 0.248. The first-order valence-corrected chi connectivity index (χ1v) is 11.8. The number of aliphatic carboxylic acids is 1. The number of carbonyl (C=O) groups is 2. The molecule has 36 heavy (non-hydrogen) atoms. The standard InChI is InChI=1S/C25H30N6O4.Na/c32-21(15-23(34)35)16-26-24(19-8-2-1-3-9-19)25-27-28-29-31(25)13-6-11-22(33)30-14-12-18-7-4-5-10-20(18)17-30;/h1-5,7-10,21,24,26,32H,6,11-17H2,(H,34,35);/q;+1/p-1/t21?,24-;/m1./s1. The van der Waals surface area contributed by atoms with E-state index in [1.54, 1.807) is 4.68 Å². The number of hydrogen-bond acceptors (Lipinski definition) is 8. The number of aliphatic hydroxyl groups is 1. The van der Waals surface area contributed by atoms with Crippen molar-refractivity contribution in [1.29, 1.82) is 0 Å². The van der Waals surface area contributed by atoms with Crippen LogP contribution in [0.1, 0.15) is 47.8 Å². The maximum atomic E-state index is 12.8. The van der Waals surface area contributed by atoms with Crippen molar-refractivity contribution in [3.63, 3.8) is 0 Å². The Morgan fingerprint density at radius 1 is 1.08 bits per heavy atom. The SMILES string of the molecule is O=C([O-])CC(O)CN[C@H](c1ccccc1)c1nnnn1CCCC(=O)N1CCc2ccccc2C1.[Na+]. The Kier molecular flexibility index (Phi) is 10.6. The summed E-state index contributed by atoms with van der Waals surface area (Å²) in [7, 11) is 0. The van der Waals surface area contributed by atoms with E-state index in [2.05, 4.69) is 33.0 Å². The second kappa shape index (κ2) is 13.6. The number of carboxylic acids is 1. The Balaban J connectivity index is 0.00000361. The van der Waals surface area contributed by atoms with Gasteiger partial charge in [0.05, 0.1) is 12.1 Å². The Morgan fingerprint density at radius 2 is 1.81 bits per heavy atom. The minimum Gasteiger partial charge on any atom is -0.550 e. The van der Waals surface area contributed by atoms with E-state index in [1.807, 2.05) is 47.4 Å². The molecule has 0 spiro atoms. The van der Waals surface area contributed by atoms with Gasteiger partial charge in [0.1, 0.15) is 0 Å². The average Bonchev–Trinajstić information content (AvgIpc) is 3.32. The van der Waals surface area contributed by atoms with E-state index in [0.717, 1.165) is 18.5 Å². The van der Waals surface area contributed by atoms with Crippen molar-refractivity contribution >= 4 is 11.9 Å². The van der Waals surface area contributed by atoms with Gasteiger partial charge in [-0.3, -0.25) is 4.79 Å². The van der Waals surface area contributed by atoms with Gasteiger partial charge in [0, 0.05) is 45.0 Å². The van der Waals surface area contributed by atoms with E-state index in [4.69, 9.17) is 0 Å². The van der Waals surface area contributed by atoms with Gasteiger partial charge in [0.25, 0.3) is 0 Å². The first-order chi connectivity index (χ1) is 17.0. The molecule has 0 bridgehead atoms. The fraction of sp³-hybridized carbons (Fsp3) is 0.400. The quantitative estimate of drug-likeness (QED) is 0.270. The van der Waals surface area contributed by atoms with Gasteiger partial charge in [-0.15, -0.1) is 5.10 Å². The van der Waals surface area contributed by atoms with Crippen molar-refractivity contribution in [1.82, 2.24) is 30.4 Å². The van der Waals surface area contributed by atoms with Crippen LogP contribution in [0.5, 0.6) is 0 Å². The number of carbonyl (C=O) groups excluding carboxylic acids is 2. The molecule has 0 fully saturated rings. The summed E-state index contributed by atoms with van der Waals surface area (Å²) in [6, 6.07) is 17.2. The van der Waals surface area contributed by atoms with Crippen LogP contribution in [0.15, 0.2) is 54.6 Å². The van der Waals surface area contributed by atoms with E-state index >= 15 is 0 Å². The van der Waals surface area contributed by atoms with Crippen molar-refractivity contribution in [3.8, 4) is 0 Å². The molecule has 10 nitrogen and oxygen atoms in total. The van der Waals surface area contributed by atoms with Gasteiger partial charge in [-0.05, 0) is 40.0 Å². The second-order valence-electron chi connectivity index (χ2n) is 8.68. The number of aliphatic hydroxyl groups excluding tert-OH is 1. The van der Waals surface area contributed by atoms with E-state index < -0.39 is 24.5 Å². The van der Waals surface area contributed by atoms with Gasteiger partial charge in [0.15, 0.2) is 5.82 Å². The smallest absolute Gasteiger partial charge is 0.550 e. The van der Waals surface area contributed by atoms with Crippen molar-refractivity contribution in [3.05, 3.63) is 77.1 Å². The molecule has 1 aliphatic heterocycles. The number of nitrogens with zero attached hydrogens (tertiary/aromatic N) is 5. The third-order valence-electron chi connectivity index (χ3n) is 6.15. The Hall–Kier alpha value is -2.63. The van der Waals surface area contributed by atoms with Gasteiger partial charge in [-0.25, -0.2) is 4.68 Å². The molecule has 2 aromatic carbocycles. The third kappa shape index (κ3) is 7.44. The van der Waals surface area contributed by atoms with E-state index in [-0.39, 0.29) is 42.0 Å². The van der Waals surface area contributed by atoms with Crippen LogP contribution in [0.4, 0.5) is 0 Å². The molecule has 0 radical (unpaired) electrons. The maximum absolute atomic E-state index is 12.8. The van der Waals surface area contributed by atoms with Crippen LogP contribution < -0.4 is 40.0 Å². The third-order valence-corrected chi connectivity index (χ3v) is 6.15. The summed E-state index contributed by atoms with van der Waals surface area (Å²) < 4.78 is 1.65. The van der Waals surface area contributed by atoms with Crippen LogP contribution in [-0.4, -0.2) is 61.3 Å². The van der Waals surface area contributed by atoms with Crippen LogP contribution in [0.2, 0.25) is 0 Å². The Morgan fingerprint density at radius 3 is 2.56 bits per heavy atom. The minimum absolute atomic E-state index is 0. The molecule has 1 aliphatic rings. The zero-order valence-corrected chi connectivity index (χ0v) is 22.4. The average molecular weight is 501 g/mol. The largest absolute Gasteiger partial charge is 1.00 e. The molecule has 0 aliphatic carbocycles. The summed E-state index contributed by atoms with van der Waals surface area (Å²) >= 11 is 0. The zero-order chi connectivity index (χ0) is 24.6. The predicted molar refractivity (Wildman–Crippen MR) is 125 cm³/mol. The van der Waals surface area contributed by atoms with Gasteiger partial charge in [0.2, 0.25) is 5.91 Å². The molecule has 1 amide bonds. The maximum Gasteiger partial charge on any atom is 1.00 e. The van der Waals surface area contributed by atoms with Gasteiger partial charge < -0.3 is 25.2 Å². The summed E-state index contributed by atoms with van der Waals surface area (Å²) in [5.74, 6) is -0.685. The normalized spacial score (nSPS) is 14.4. The van der Waals surface area contributed by atoms with Crippen LogP contribution in [-0.2, 0) is 29.1 Å². The number of carboxylic acid groups (broad SMARTS) is 1. The fourth-order valence-electron chi connectivity index (χ4n) is 4.35. The van der Waals surface area contributed by atoms with Gasteiger partial charge >= 0.3 is 29.6 Å². The van der Waals surface area contributed by atoms with Crippen LogP contribution in [0, 0.1) is 0 Å². The molecule has 2 N–H and O–H groups in total. The predicted octanol–water partition coefficient (Wildman–Crippen LogP) is -2.78. The first-order valence-electron chi connectivity index (χ1n) is 11.8. The van der Waals surface area contributed by atoms with Gasteiger partial charge in [-0.1, -0.05) is 54.6 Å². The summed E-state index contributed by atoms with van der Waals surface area (Å²) in [5.41, 5.74) is 3.37. The number of nitrogens with one attached hydrogen (secondary N) is 1. The summed E-state index contributed by atoms with van der Waals surface area (Å²) in [4.78, 5) is 25.5. The summed E-state index contributed by atoms with van der Waals surface area (Å²) in [5, 5.41) is 36.0. The molecule has 184 valence electrons. The molecule has 0 saturated heterocycles. The number of amides is 1. The number of rotatable bonds is 11. The molecule has 2 heterocycles. The number of hydrogen-bond donors (Lipinski definition) is 2. The van der Waals surface area contributed by atoms with Gasteiger partial charge in [-0.2, -0.15) is 0 Å². The molecule has 1 aromatic heterocycles. The van der Waals surface area contributed by atoms with Crippen molar-refractivity contribution in [2.45, 2.75) is 50.9 Å². The van der Waals surface area contributed by atoms with Crippen molar-refractivity contribution in [2.24, 2.45) is 0 Å². The topological polar surface area (TPSA) is 136 Å². The van der Waals surface area contributed by atoms with Crippen molar-refractivity contribution < 1.29 is 49.4 Å². The molecule has 0 saturated carbocycles. The van der Waals surface area contributed by atoms with Crippen molar-refractivity contribution in [2.75, 3.05) is 13.1 Å². The molecule has 11 heteroatoms. The number of aryl methyl sites for hydroxylation is 1. The van der Waals surface area contributed by atoms with Crippen LogP contribution in [0.3, 0.4) is 0 Å². The Labute approximate surface area is 232 Å². The Bertz CT molecular complexity index is 1140. The van der Waals surface area contributed by atoms with Crippen LogP contribution >= 0.6 is 0 Å². The fourth-order valence-corrected chi connectivity index (χ4v) is 4.35. The molecule has 1 unspecified atom stereocenters. The number of fused-ring (bicyclic) bond motifs is 1. The zero-order valence-electron chi connectivity index (χ0n) is 20.4. The first kappa shape index (κ1) is 27.9. The monoisotopic (exact) mass is 500 g/mol. The molecule has 3 aromatic rings. The number of tetrazole rings is 1. The molecular formula is C25H29N6NaO4. The molecule has 2 atom stereocenters. The second-order valence-corrected chi connectivity index (χ2v) is 8.68.